The highest BCUT2D eigenvalue weighted by atomic mass is 16.2. The van der Waals surface area contributed by atoms with Gasteiger partial charge in [0, 0.05) is 19.1 Å². The Hall–Kier alpha value is -0.610. The largest absolute Gasteiger partial charge is 0.352 e. The van der Waals surface area contributed by atoms with Crippen LogP contribution in [0.3, 0.4) is 0 Å². The van der Waals surface area contributed by atoms with Crippen molar-refractivity contribution in [1.82, 2.24) is 10.2 Å². The first-order valence-corrected chi connectivity index (χ1v) is 7.90. The Morgan fingerprint density at radius 2 is 1.84 bits per heavy atom. The number of rotatable bonds is 5. The topological polar surface area (TPSA) is 58.4 Å². The molecule has 0 aromatic heterocycles. The van der Waals surface area contributed by atoms with E-state index >= 15 is 0 Å². The minimum absolute atomic E-state index is 0.196. The van der Waals surface area contributed by atoms with Gasteiger partial charge in [-0.1, -0.05) is 19.3 Å². The molecule has 0 aromatic carbocycles. The standard InChI is InChI=1S/C15H29N3O/c1-13(11-18-9-5-6-10-18)17-14(19)15(12-16)7-3-2-4-8-15/h13H,2-12,16H2,1H3,(H,17,19). The number of hydrogen-bond acceptors (Lipinski definition) is 3. The van der Waals surface area contributed by atoms with E-state index in [1.807, 2.05) is 0 Å². The van der Waals surface area contributed by atoms with Crippen LogP contribution in [0.1, 0.15) is 51.9 Å². The van der Waals surface area contributed by atoms with E-state index in [4.69, 9.17) is 5.73 Å². The molecule has 2 fully saturated rings. The maximum atomic E-state index is 12.5. The third-order valence-electron chi connectivity index (χ3n) is 4.79. The predicted molar refractivity (Wildman–Crippen MR) is 77.9 cm³/mol. The van der Waals surface area contributed by atoms with Crippen molar-refractivity contribution in [1.29, 1.82) is 0 Å². The molecule has 4 nitrogen and oxygen atoms in total. The maximum Gasteiger partial charge on any atom is 0.227 e. The Bertz CT molecular complexity index is 294. The summed E-state index contributed by atoms with van der Waals surface area (Å²) in [6.07, 6.45) is 8.06. The van der Waals surface area contributed by atoms with Crippen molar-refractivity contribution in [3.05, 3.63) is 0 Å². The Morgan fingerprint density at radius 3 is 2.42 bits per heavy atom. The minimum Gasteiger partial charge on any atom is -0.352 e. The molecule has 1 amide bonds. The van der Waals surface area contributed by atoms with Gasteiger partial charge in [0.1, 0.15) is 0 Å². The Kier molecular flexibility index (Phi) is 5.22. The molecule has 1 atom stereocenters. The summed E-state index contributed by atoms with van der Waals surface area (Å²) in [6, 6.07) is 0.232. The molecule has 1 saturated carbocycles. The summed E-state index contributed by atoms with van der Waals surface area (Å²) in [5, 5.41) is 3.21. The number of likely N-dealkylation sites (tertiary alicyclic amines) is 1. The van der Waals surface area contributed by atoms with Gasteiger partial charge in [-0.25, -0.2) is 0 Å². The van der Waals surface area contributed by atoms with Gasteiger partial charge in [0.15, 0.2) is 0 Å². The average molecular weight is 267 g/mol. The van der Waals surface area contributed by atoms with E-state index in [2.05, 4.69) is 17.1 Å². The summed E-state index contributed by atoms with van der Waals surface area (Å²) >= 11 is 0. The summed E-state index contributed by atoms with van der Waals surface area (Å²) in [5.74, 6) is 0.196. The first kappa shape index (κ1) is 14.8. The number of nitrogens with two attached hydrogens (primary N) is 1. The van der Waals surface area contributed by atoms with E-state index in [9.17, 15) is 4.79 Å². The van der Waals surface area contributed by atoms with Crippen molar-refractivity contribution in [3.8, 4) is 0 Å². The zero-order valence-electron chi connectivity index (χ0n) is 12.3. The van der Waals surface area contributed by atoms with Gasteiger partial charge in [0.25, 0.3) is 0 Å². The molecule has 1 heterocycles. The highest BCUT2D eigenvalue weighted by molar-refractivity contribution is 5.83. The van der Waals surface area contributed by atoms with Crippen LogP contribution in [0.25, 0.3) is 0 Å². The third kappa shape index (κ3) is 3.69. The third-order valence-corrected chi connectivity index (χ3v) is 4.79. The van der Waals surface area contributed by atoms with Crippen LogP contribution in [-0.2, 0) is 4.79 Å². The Morgan fingerprint density at radius 1 is 1.21 bits per heavy atom. The van der Waals surface area contributed by atoms with E-state index in [0.717, 1.165) is 32.2 Å². The van der Waals surface area contributed by atoms with Crippen molar-refractivity contribution in [3.63, 3.8) is 0 Å². The molecule has 1 unspecified atom stereocenters. The van der Waals surface area contributed by atoms with E-state index in [0.29, 0.717) is 6.54 Å². The van der Waals surface area contributed by atoms with Gasteiger partial charge in [-0.2, -0.15) is 0 Å². The van der Waals surface area contributed by atoms with Gasteiger partial charge in [0.05, 0.1) is 5.41 Å². The van der Waals surface area contributed by atoms with Crippen LogP contribution >= 0.6 is 0 Å². The van der Waals surface area contributed by atoms with Gasteiger partial charge in [-0.15, -0.1) is 0 Å². The number of carbonyl (C=O) groups is 1. The minimum atomic E-state index is -0.280. The van der Waals surface area contributed by atoms with Gasteiger partial charge < -0.3 is 16.0 Å². The van der Waals surface area contributed by atoms with Crippen molar-refractivity contribution >= 4 is 5.91 Å². The molecule has 0 radical (unpaired) electrons. The van der Waals surface area contributed by atoms with E-state index in [1.54, 1.807) is 0 Å². The average Bonchev–Trinajstić information content (AvgIpc) is 2.92. The lowest BCUT2D eigenvalue weighted by atomic mass is 9.73. The molecule has 0 bridgehead atoms. The summed E-state index contributed by atoms with van der Waals surface area (Å²) < 4.78 is 0. The molecule has 4 heteroatoms. The summed E-state index contributed by atoms with van der Waals surface area (Å²) in [5.41, 5.74) is 5.63. The van der Waals surface area contributed by atoms with Crippen LogP contribution in [0.4, 0.5) is 0 Å². The van der Waals surface area contributed by atoms with Crippen LogP contribution in [0.15, 0.2) is 0 Å². The summed E-state index contributed by atoms with van der Waals surface area (Å²) in [6.45, 7) is 5.95. The first-order chi connectivity index (χ1) is 9.16. The van der Waals surface area contributed by atoms with Crippen LogP contribution in [0.5, 0.6) is 0 Å². The lowest BCUT2D eigenvalue weighted by molar-refractivity contribution is -0.133. The number of amides is 1. The molecule has 1 saturated heterocycles. The molecule has 1 aliphatic carbocycles. The second-order valence-electron chi connectivity index (χ2n) is 6.43. The van der Waals surface area contributed by atoms with Crippen molar-refractivity contribution in [2.24, 2.45) is 11.1 Å². The zero-order valence-corrected chi connectivity index (χ0v) is 12.3. The predicted octanol–water partition coefficient (Wildman–Crippen LogP) is 1.50. The number of nitrogens with one attached hydrogen (secondary N) is 1. The molecular formula is C15H29N3O. The fourth-order valence-electron chi connectivity index (χ4n) is 3.53. The van der Waals surface area contributed by atoms with E-state index < -0.39 is 0 Å². The van der Waals surface area contributed by atoms with E-state index in [1.165, 1.54) is 32.4 Å². The summed E-state index contributed by atoms with van der Waals surface area (Å²) in [4.78, 5) is 15.0. The molecule has 0 aromatic rings. The summed E-state index contributed by atoms with van der Waals surface area (Å²) in [7, 11) is 0. The van der Waals surface area contributed by atoms with Crippen molar-refractivity contribution < 1.29 is 4.79 Å². The SMILES string of the molecule is CC(CN1CCCC1)NC(=O)C1(CN)CCCCC1. The van der Waals surface area contributed by atoms with Crippen LogP contribution < -0.4 is 11.1 Å². The molecule has 110 valence electrons. The van der Waals surface area contributed by atoms with Crippen LogP contribution in [0, 0.1) is 5.41 Å². The van der Waals surface area contributed by atoms with Crippen LogP contribution in [-0.4, -0.2) is 43.0 Å². The lowest BCUT2D eigenvalue weighted by Gasteiger charge is -2.36. The quantitative estimate of drug-likeness (QED) is 0.793. The molecule has 19 heavy (non-hydrogen) atoms. The smallest absolute Gasteiger partial charge is 0.227 e. The Labute approximate surface area is 117 Å². The van der Waals surface area contributed by atoms with Gasteiger partial charge in [-0.05, 0) is 45.7 Å². The fourth-order valence-corrected chi connectivity index (χ4v) is 3.53. The first-order valence-electron chi connectivity index (χ1n) is 7.90. The van der Waals surface area contributed by atoms with E-state index in [-0.39, 0.29) is 17.4 Å². The fraction of sp³-hybridized carbons (Fsp3) is 0.933. The molecule has 0 spiro atoms. The lowest BCUT2D eigenvalue weighted by Crippen LogP contribution is -2.51. The van der Waals surface area contributed by atoms with Crippen molar-refractivity contribution in [2.45, 2.75) is 57.9 Å². The molecule has 3 N–H and O–H groups in total. The molecule has 2 aliphatic rings. The number of nitrogens with zero attached hydrogens (tertiary/aromatic N) is 1. The number of carbonyl (C=O) groups excluding carboxylic acids is 1. The molecule has 2 rings (SSSR count). The van der Waals surface area contributed by atoms with Crippen molar-refractivity contribution in [2.75, 3.05) is 26.2 Å². The normalized spacial score (nSPS) is 25.2. The monoisotopic (exact) mass is 267 g/mol. The second-order valence-corrected chi connectivity index (χ2v) is 6.43. The maximum absolute atomic E-state index is 12.5. The Balaban J connectivity index is 1.83. The zero-order chi connectivity index (χ0) is 13.7. The number of hydrogen-bond donors (Lipinski definition) is 2. The molecular weight excluding hydrogens is 238 g/mol. The van der Waals surface area contributed by atoms with Gasteiger partial charge in [0.2, 0.25) is 5.91 Å². The van der Waals surface area contributed by atoms with Gasteiger partial charge >= 0.3 is 0 Å². The highest BCUT2D eigenvalue weighted by Crippen LogP contribution is 2.35. The highest BCUT2D eigenvalue weighted by Gasteiger charge is 2.38. The van der Waals surface area contributed by atoms with Crippen LogP contribution in [0.2, 0.25) is 0 Å². The second kappa shape index (κ2) is 6.71. The molecule has 1 aliphatic heterocycles. The van der Waals surface area contributed by atoms with Gasteiger partial charge in [-0.3, -0.25) is 4.79 Å².